The monoisotopic (exact) mass is 625 g/mol. The summed E-state index contributed by atoms with van der Waals surface area (Å²) < 4.78 is 48.3. The molecule has 0 saturated carbocycles. The highest BCUT2D eigenvalue weighted by Crippen LogP contribution is 2.32. The summed E-state index contributed by atoms with van der Waals surface area (Å²) >= 11 is 0. The lowest BCUT2D eigenvalue weighted by molar-refractivity contribution is -0.134. The Morgan fingerprint density at radius 3 is 2.39 bits per heavy atom. The average Bonchev–Trinajstić information content (AvgIpc) is 3.33. The molecule has 0 bridgehead atoms. The number of nitrogens with one attached hydrogen (secondary N) is 2. The number of hydrogen-bond donors (Lipinski definition) is 2. The number of alkyl halides is 2. The van der Waals surface area contributed by atoms with Gasteiger partial charge in [-0.05, 0) is 25.5 Å². The van der Waals surface area contributed by atoms with Crippen LogP contribution in [0.25, 0.3) is 0 Å². The predicted octanol–water partition coefficient (Wildman–Crippen LogP) is 1.40. The molecule has 1 aromatic rings. The number of Topliss-reactive ketones (excluding diaryl/α,β-unsaturated/α-hetero) is 1. The van der Waals surface area contributed by atoms with Crippen LogP contribution in [-0.2, 0) is 39.9 Å². The maximum atomic E-state index is 13.7. The van der Waals surface area contributed by atoms with E-state index < -0.39 is 42.8 Å². The summed E-state index contributed by atoms with van der Waals surface area (Å²) in [6.07, 6.45) is 1.51. The number of nitrogens with zero attached hydrogens (tertiary/aromatic N) is 3. The first-order chi connectivity index (χ1) is 21.1. The smallest absolute Gasteiger partial charge is 0.268 e. The summed E-state index contributed by atoms with van der Waals surface area (Å²) in [4.78, 5) is 54.5. The molecule has 0 unspecified atom stereocenters. The first-order valence-corrected chi connectivity index (χ1v) is 14.4. The molecule has 15 heteroatoms. The summed E-state index contributed by atoms with van der Waals surface area (Å²) in [5.41, 5.74) is 0.503. The van der Waals surface area contributed by atoms with Crippen LogP contribution >= 0.6 is 0 Å². The van der Waals surface area contributed by atoms with Gasteiger partial charge in [0.25, 0.3) is 11.8 Å². The van der Waals surface area contributed by atoms with E-state index in [0.29, 0.717) is 64.8 Å². The lowest BCUT2D eigenvalue weighted by atomic mass is 10.1. The summed E-state index contributed by atoms with van der Waals surface area (Å²) in [7, 11) is 1.60. The van der Waals surface area contributed by atoms with E-state index in [4.69, 9.17) is 24.2 Å². The van der Waals surface area contributed by atoms with Crippen molar-refractivity contribution < 1.29 is 46.9 Å². The number of halogens is 2. The SMILES string of the molecule is COCCOCCOCCOCCCC(=O)CCC(=O)NCc1cc(C(=O)N[C@H](C)C(=O)N2CC(F)(F)C[C@H]2C#N)ccn1. The van der Waals surface area contributed by atoms with Gasteiger partial charge in [-0.2, -0.15) is 5.26 Å². The lowest BCUT2D eigenvalue weighted by Crippen LogP contribution is -2.48. The minimum absolute atomic E-state index is 0.000970. The molecular weight excluding hydrogens is 584 g/mol. The van der Waals surface area contributed by atoms with Crippen LogP contribution in [-0.4, -0.2) is 111 Å². The van der Waals surface area contributed by atoms with Crippen molar-refractivity contribution in [3.63, 3.8) is 0 Å². The Hall–Kier alpha value is -3.58. The zero-order valence-electron chi connectivity index (χ0n) is 25.1. The molecule has 1 aromatic heterocycles. The normalized spacial score (nSPS) is 16.2. The van der Waals surface area contributed by atoms with Crippen LogP contribution in [0.5, 0.6) is 0 Å². The second-order valence-corrected chi connectivity index (χ2v) is 10.2. The van der Waals surface area contributed by atoms with Gasteiger partial charge in [0, 0.05) is 51.2 Å². The molecule has 0 aliphatic carbocycles. The van der Waals surface area contributed by atoms with Crippen LogP contribution in [0.4, 0.5) is 8.78 Å². The Kier molecular flexibility index (Phi) is 16.3. The second kappa shape index (κ2) is 19.6. The Bertz CT molecular complexity index is 1130. The van der Waals surface area contributed by atoms with Crippen molar-refractivity contribution in [1.82, 2.24) is 20.5 Å². The van der Waals surface area contributed by atoms with Crippen LogP contribution in [0.2, 0.25) is 0 Å². The van der Waals surface area contributed by atoms with E-state index in [2.05, 4.69) is 15.6 Å². The van der Waals surface area contributed by atoms with Crippen LogP contribution in [0.15, 0.2) is 18.3 Å². The fourth-order valence-electron chi connectivity index (χ4n) is 4.18. The van der Waals surface area contributed by atoms with E-state index in [1.807, 2.05) is 0 Å². The molecule has 2 atom stereocenters. The van der Waals surface area contributed by atoms with Crippen LogP contribution in [0, 0.1) is 11.3 Å². The van der Waals surface area contributed by atoms with Gasteiger partial charge in [-0.3, -0.25) is 24.2 Å². The van der Waals surface area contributed by atoms with Crippen molar-refractivity contribution in [2.24, 2.45) is 0 Å². The molecule has 0 spiro atoms. The third-order valence-corrected chi connectivity index (χ3v) is 6.52. The molecule has 1 saturated heterocycles. The number of ether oxygens (including phenoxy) is 4. The Labute approximate surface area is 255 Å². The van der Waals surface area contributed by atoms with Gasteiger partial charge in [0.15, 0.2) is 0 Å². The zero-order chi connectivity index (χ0) is 32.4. The largest absolute Gasteiger partial charge is 0.382 e. The maximum Gasteiger partial charge on any atom is 0.268 e. The minimum Gasteiger partial charge on any atom is -0.382 e. The third-order valence-electron chi connectivity index (χ3n) is 6.52. The Balaban J connectivity index is 1.61. The molecule has 0 radical (unpaired) electrons. The van der Waals surface area contributed by atoms with Gasteiger partial charge < -0.3 is 34.5 Å². The molecule has 2 heterocycles. The molecule has 3 amide bonds. The number of carbonyl (C=O) groups is 4. The number of nitriles is 1. The molecular formula is C29H41F2N5O8. The van der Waals surface area contributed by atoms with Gasteiger partial charge >= 0.3 is 0 Å². The summed E-state index contributed by atoms with van der Waals surface area (Å²) in [6, 6.07) is 2.10. The average molecular weight is 626 g/mol. The predicted molar refractivity (Wildman–Crippen MR) is 151 cm³/mol. The van der Waals surface area contributed by atoms with Gasteiger partial charge in [-0.1, -0.05) is 0 Å². The standard InChI is InChI=1S/C29H41F2N5O8/c1-21(28(40)36-20-29(30,31)17-24(36)18-32)35-27(39)22-7-8-33-23(16-22)19-34-26(38)6-5-25(37)4-3-9-42-12-13-44-15-14-43-11-10-41-2/h7-8,16,21,24H,3-6,9-15,17,19-20H2,1-2H3,(H,34,38)(H,35,39)/t21-,24+/m1/s1. The van der Waals surface area contributed by atoms with Crippen LogP contribution in [0.1, 0.15) is 55.1 Å². The van der Waals surface area contributed by atoms with Gasteiger partial charge in [0.05, 0.1) is 64.5 Å². The molecule has 1 aliphatic rings. The molecule has 1 aliphatic heterocycles. The molecule has 0 aromatic carbocycles. The van der Waals surface area contributed by atoms with Gasteiger partial charge in [0.1, 0.15) is 17.9 Å². The number of likely N-dealkylation sites (tertiary alicyclic amines) is 1. The van der Waals surface area contributed by atoms with E-state index in [1.54, 1.807) is 13.2 Å². The van der Waals surface area contributed by atoms with Crippen molar-refractivity contribution >= 4 is 23.5 Å². The number of pyridine rings is 1. The lowest BCUT2D eigenvalue weighted by Gasteiger charge is -2.23. The van der Waals surface area contributed by atoms with E-state index in [1.165, 1.54) is 25.3 Å². The van der Waals surface area contributed by atoms with E-state index >= 15 is 0 Å². The fraction of sp³-hybridized carbons (Fsp3) is 0.655. The number of amides is 3. The molecule has 44 heavy (non-hydrogen) atoms. The van der Waals surface area contributed by atoms with Gasteiger partial charge in [-0.25, -0.2) is 8.78 Å². The summed E-state index contributed by atoms with van der Waals surface area (Å²) in [5, 5.41) is 14.2. The highest BCUT2D eigenvalue weighted by Gasteiger charge is 2.48. The highest BCUT2D eigenvalue weighted by atomic mass is 19.3. The first kappa shape index (κ1) is 36.6. The molecule has 2 N–H and O–H groups in total. The third kappa shape index (κ3) is 13.8. The van der Waals surface area contributed by atoms with Crippen molar-refractivity contribution in [1.29, 1.82) is 5.26 Å². The van der Waals surface area contributed by atoms with Crippen LogP contribution in [0.3, 0.4) is 0 Å². The first-order valence-electron chi connectivity index (χ1n) is 14.4. The Morgan fingerprint density at radius 1 is 1.07 bits per heavy atom. The Morgan fingerprint density at radius 2 is 1.73 bits per heavy atom. The quantitative estimate of drug-likeness (QED) is 0.191. The number of rotatable bonds is 21. The molecule has 13 nitrogen and oxygen atoms in total. The highest BCUT2D eigenvalue weighted by molar-refractivity contribution is 5.97. The maximum absolute atomic E-state index is 13.7. The fourth-order valence-corrected chi connectivity index (χ4v) is 4.18. The number of methoxy groups -OCH3 is 1. The van der Waals surface area contributed by atoms with Crippen LogP contribution < -0.4 is 10.6 Å². The van der Waals surface area contributed by atoms with Crippen molar-refractivity contribution in [2.75, 3.05) is 59.9 Å². The summed E-state index contributed by atoms with van der Waals surface area (Å²) in [6.45, 7) is 3.71. The van der Waals surface area contributed by atoms with Crippen molar-refractivity contribution in [2.45, 2.75) is 63.6 Å². The number of hydrogen-bond acceptors (Lipinski definition) is 10. The van der Waals surface area contributed by atoms with Gasteiger partial charge in [0.2, 0.25) is 11.8 Å². The topological polar surface area (TPSA) is 169 Å². The number of ketones is 1. The minimum atomic E-state index is -3.16. The summed E-state index contributed by atoms with van der Waals surface area (Å²) in [5.74, 6) is -5.02. The molecule has 2 rings (SSSR count). The van der Waals surface area contributed by atoms with E-state index in [-0.39, 0.29) is 36.6 Å². The van der Waals surface area contributed by atoms with E-state index in [0.717, 1.165) is 4.90 Å². The van der Waals surface area contributed by atoms with Crippen molar-refractivity contribution in [3.05, 3.63) is 29.6 Å². The number of carbonyl (C=O) groups excluding carboxylic acids is 4. The molecule has 1 fully saturated rings. The second-order valence-electron chi connectivity index (χ2n) is 10.2. The van der Waals surface area contributed by atoms with Crippen molar-refractivity contribution in [3.8, 4) is 6.07 Å². The molecule has 244 valence electrons. The van der Waals surface area contributed by atoms with Gasteiger partial charge in [-0.15, -0.1) is 0 Å². The van der Waals surface area contributed by atoms with E-state index in [9.17, 15) is 28.0 Å². The number of aromatic nitrogens is 1. The zero-order valence-corrected chi connectivity index (χ0v) is 25.1.